The van der Waals surface area contributed by atoms with Crippen molar-refractivity contribution in [2.75, 3.05) is 6.54 Å². The van der Waals surface area contributed by atoms with Crippen LogP contribution in [0.5, 0.6) is 0 Å². The molecule has 0 N–H and O–H groups in total. The molecule has 27 valence electrons. The van der Waals surface area contributed by atoms with E-state index in [0.29, 0.717) is 0 Å². The van der Waals surface area contributed by atoms with Crippen molar-refractivity contribution in [2.24, 2.45) is 0 Å². The van der Waals surface area contributed by atoms with E-state index in [9.17, 15) is 0 Å². The van der Waals surface area contributed by atoms with Crippen LogP contribution in [0.3, 0.4) is 0 Å². The zero-order valence-electron chi connectivity index (χ0n) is 3.89. The van der Waals surface area contributed by atoms with Gasteiger partial charge in [0.25, 0.3) is 0 Å². The van der Waals surface area contributed by atoms with Gasteiger partial charge in [0, 0.05) is 7.74 Å². The summed E-state index contributed by atoms with van der Waals surface area (Å²) in [4.78, 5) is 0. The van der Waals surface area contributed by atoms with Gasteiger partial charge in [0.2, 0.25) is 0 Å². The van der Waals surface area contributed by atoms with E-state index in [2.05, 4.69) is 0 Å². The molecule has 5 radical (unpaired) electrons. The SMILES string of the molecule is [B][B]N([B])CC. The van der Waals surface area contributed by atoms with Gasteiger partial charge in [-0.05, 0) is 6.54 Å². The fourth-order valence-electron chi connectivity index (χ4n) is 0.105. The Morgan fingerprint density at radius 2 is 2.33 bits per heavy atom. The van der Waals surface area contributed by atoms with Crippen LogP contribution in [0, 0.1) is 0 Å². The summed E-state index contributed by atoms with van der Waals surface area (Å²) in [7, 11) is 11.4. The van der Waals surface area contributed by atoms with Crippen molar-refractivity contribution in [1.82, 2.24) is 4.72 Å². The molecule has 0 aromatic carbocycles. The van der Waals surface area contributed by atoms with Crippen molar-refractivity contribution < 1.29 is 0 Å². The molecule has 1 nitrogen and oxygen atoms in total. The molecule has 0 aliphatic rings. The molecule has 0 aromatic rings. The Balaban J connectivity index is 2.75. The smallest absolute Gasteiger partial charge is 0.166 e. The van der Waals surface area contributed by atoms with E-state index in [1.54, 1.807) is 0 Å². The van der Waals surface area contributed by atoms with Crippen LogP contribution in [0.25, 0.3) is 0 Å². The lowest BCUT2D eigenvalue weighted by atomic mass is 9.63. The van der Waals surface area contributed by atoms with Gasteiger partial charge in [-0.2, -0.15) is 0 Å². The molecular weight excluding hydrogens is 70.5 g/mol. The van der Waals surface area contributed by atoms with E-state index in [-0.39, 0.29) is 0 Å². The Bertz CT molecular complexity index is 28.0. The highest BCUT2D eigenvalue weighted by Gasteiger charge is 1.83. The third kappa shape index (κ3) is 2.40. The van der Waals surface area contributed by atoms with Gasteiger partial charge < -0.3 is 4.72 Å². The Morgan fingerprint density at radius 1 is 1.83 bits per heavy atom. The molecule has 0 aliphatic carbocycles. The first-order chi connectivity index (χ1) is 2.81. The lowest BCUT2D eigenvalue weighted by molar-refractivity contribution is 0.741. The highest BCUT2D eigenvalue weighted by Crippen LogP contribution is 1.66. The quantitative estimate of drug-likeness (QED) is 0.384. The number of nitrogens with zero attached hydrogens (tertiary/aromatic N) is 1. The van der Waals surface area contributed by atoms with Gasteiger partial charge in [-0.3, -0.25) is 0 Å². The molecule has 0 aromatic heterocycles. The van der Waals surface area contributed by atoms with E-state index in [4.69, 9.17) is 15.7 Å². The summed E-state index contributed by atoms with van der Waals surface area (Å²) in [6.45, 7) is 2.68. The summed E-state index contributed by atoms with van der Waals surface area (Å²) < 4.78 is 1.40. The van der Waals surface area contributed by atoms with Crippen LogP contribution in [0.15, 0.2) is 0 Å². The monoisotopic (exact) mass is 76.1 g/mol. The fourth-order valence-corrected chi connectivity index (χ4v) is 0.105. The standard InChI is InChI=1S/C2H5B3N/c1-2-6(4)5-3/h2H2,1H3. The van der Waals surface area contributed by atoms with Gasteiger partial charge in [0.15, 0.2) is 7.98 Å². The second kappa shape index (κ2) is 3.35. The van der Waals surface area contributed by atoms with E-state index < -0.39 is 0 Å². The Kier molecular flexibility index (Phi) is 3.44. The highest BCUT2D eigenvalue weighted by atomic mass is 14.9. The van der Waals surface area contributed by atoms with Crippen molar-refractivity contribution in [3.8, 4) is 0 Å². The first-order valence-electron chi connectivity index (χ1n) is 1.87. The topological polar surface area (TPSA) is 3.24 Å². The van der Waals surface area contributed by atoms with Gasteiger partial charge in [0.1, 0.15) is 7.31 Å². The maximum absolute atomic E-state index is 5.12. The predicted octanol–water partition coefficient (Wildman–Crippen LogP) is -0.906. The highest BCUT2D eigenvalue weighted by molar-refractivity contribution is 6.89. The zero-order valence-corrected chi connectivity index (χ0v) is 3.89. The van der Waals surface area contributed by atoms with Crippen LogP contribution in [0.2, 0.25) is 0 Å². The molecule has 0 bridgehead atoms. The van der Waals surface area contributed by atoms with Crippen molar-refractivity contribution in [1.29, 1.82) is 0 Å². The molecule has 0 heterocycles. The Morgan fingerprint density at radius 3 is 2.33 bits per heavy atom. The molecule has 0 saturated heterocycles. The largest absolute Gasteiger partial charge is 0.406 e. The van der Waals surface area contributed by atoms with Gasteiger partial charge in [-0.1, -0.05) is 6.92 Å². The average Bonchev–Trinajstić information content (AvgIpc) is 1.65. The van der Waals surface area contributed by atoms with E-state index in [1.807, 2.05) is 6.92 Å². The maximum Gasteiger partial charge on any atom is 0.166 e. The van der Waals surface area contributed by atoms with Crippen molar-refractivity contribution >= 4 is 23.0 Å². The molecule has 6 heavy (non-hydrogen) atoms. The minimum absolute atomic E-state index is 0.760. The van der Waals surface area contributed by atoms with Gasteiger partial charge in [0.05, 0.1) is 0 Å². The lowest BCUT2D eigenvalue weighted by Gasteiger charge is -2.07. The van der Waals surface area contributed by atoms with E-state index in [1.165, 1.54) is 12.0 Å². The first-order valence-corrected chi connectivity index (χ1v) is 1.87. The fraction of sp³-hybridized carbons (Fsp3) is 1.00. The third-order valence-electron chi connectivity index (χ3n) is 0.557. The van der Waals surface area contributed by atoms with Gasteiger partial charge in [-0.15, -0.1) is 0 Å². The molecule has 0 saturated carbocycles. The molecule has 0 unspecified atom stereocenters. The lowest BCUT2D eigenvalue weighted by Crippen LogP contribution is -2.24. The van der Waals surface area contributed by atoms with Crippen LogP contribution in [0.4, 0.5) is 0 Å². The van der Waals surface area contributed by atoms with Crippen LogP contribution >= 0.6 is 0 Å². The van der Waals surface area contributed by atoms with E-state index in [0.717, 1.165) is 6.54 Å². The number of rotatable bonds is 2. The molecular formula is C2H5B3N. The van der Waals surface area contributed by atoms with Crippen molar-refractivity contribution in [3.63, 3.8) is 0 Å². The van der Waals surface area contributed by atoms with Gasteiger partial charge >= 0.3 is 0 Å². The van der Waals surface area contributed by atoms with Crippen LogP contribution in [-0.4, -0.2) is 34.3 Å². The molecule has 0 aliphatic heterocycles. The summed E-state index contributed by atoms with van der Waals surface area (Å²) in [5.74, 6) is 0. The molecule has 4 heteroatoms. The summed E-state index contributed by atoms with van der Waals surface area (Å²) in [6, 6.07) is 0. The maximum atomic E-state index is 5.12. The molecule has 0 spiro atoms. The second-order valence-corrected chi connectivity index (χ2v) is 0.980. The van der Waals surface area contributed by atoms with Crippen molar-refractivity contribution in [2.45, 2.75) is 6.92 Å². The summed E-state index contributed by atoms with van der Waals surface area (Å²) >= 11 is 0. The van der Waals surface area contributed by atoms with Crippen LogP contribution in [-0.2, 0) is 0 Å². The average molecular weight is 75.5 g/mol. The van der Waals surface area contributed by atoms with Crippen LogP contribution < -0.4 is 0 Å². The third-order valence-corrected chi connectivity index (χ3v) is 0.557. The molecule has 0 amide bonds. The molecule has 0 rings (SSSR count). The van der Waals surface area contributed by atoms with Crippen molar-refractivity contribution in [3.05, 3.63) is 0 Å². The number of hydrogen-bond donors (Lipinski definition) is 0. The van der Waals surface area contributed by atoms with E-state index >= 15 is 0 Å². The zero-order chi connectivity index (χ0) is 4.99. The second-order valence-electron chi connectivity index (χ2n) is 0.980. The molecule has 0 fully saturated rings. The summed E-state index contributed by atoms with van der Waals surface area (Å²) in [5.41, 5.74) is 0. The summed E-state index contributed by atoms with van der Waals surface area (Å²) in [6.07, 6.45) is 0. The summed E-state index contributed by atoms with van der Waals surface area (Å²) in [5, 5.41) is 0. The minimum Gasteiger partial charge on any atom is -0.406 e. The first kappa shape index (κ1) is 6.15. The molecule has 0 atom stereocenters. The van der Waals surface area contributed by atoms with Gasteiger partial charge in [-0.25, -0.2) is 0 Å². The Hall–Kier alpha value is 0.155. The minimum atomic E-state index is 0.760. The van der Waals surface area contributed by atoms with Crippen LogP contribution in [0.1, 0.15) is 6.92 Å². The number of hydrogen-bond acceptors (Lipinski definition) is 1. The Labute approximate surface area is 42.2 Å². The predicted molar refractivity (Wildman–Crippen MR) is 29.6 cm³/mol. The normalized spacial score (nSPS) is 9.00.